The van der Waals surface area contributed by atoms with Crippen molar-refractivity contribution in [1.29, 1.82) is 0 Å². The molecule has 0 aromatic carbocycles. The normalized spacial score (nSPS) is 15.1. The van der Waals surface area contributed by atoms with Gasteiger partial charge < -0.3 is 10.3 Å². The Bertz CT molecular complexity index is 564. The van der Waals surface area contributed by atoms with Crippen molar-refractivity contribution in [3.05, 3.63) is 18.2 Å². The van der Waals surface area contributed by atoms with Crippen LogP contribution in [0, 0.1) is 0 Å². The first-order valence-corrected chi connectivity index (χ1v) is 6.56. The molecule has 0 amide bonds. The van der Waals surface area contributed by atoms with E-state index in [0.29, 0.717) is 6.04 Å². The molecule has 0 aliphatic carbocycles. The van der Waals surface area contributed by atoms with Crippen LogP contribution < -0.4 is 5.73 Å². The summed E-state index contributed by atoms with van der Waals surface area (Å²) in [6, 6.07) is 0.359. The molecule has 0 bridgehead atoms. The number of nitrogens with two attached hydrogens (primary N) is 1. The number of hydrogen-bond acceptors (Lipinski definition) is 3. The van der Waals surface area contributed by atoms with Crippen LogP contribution in [0.2, 0.25) is 0 Å². The highest BCUT2D eigenvalue weighted by Gasteiger charge is 2.19. The summed E-state index contributed by atoms with van der Waals surface area (Å²) in [5.41, 5.74) is 8.11. The fourth-order valence-corrected chi connectivity index (χ4v) is 2.46. The molecule has 1 aliphatic heterocycles. The van der Waals surface area contributed by atoms with Crippen LogP contribution in [0.4, 0.5) is 5.82 Å². The molecule has 5 nitrogen and oxygen atoms in total. The van der Waals surface area contributed by atoms with Gasteiger partial charge in [-0.1, -0.05) is 0 Å². The van der Waals surface area contributed by atoms with Gasteiger partial charge in [-0.3, -0.25) is 4.68 Å². The molecule has 0 saturated carbocycles. The van der Waals surface area contributed by atoms with E-state index in [4.69, 9.17) is 5.73 Å². The van der Waals surface area contributed by atoms with Crippen LogP contribution in [-0.4, -0.2) is 19.3 Å². The third-order valence-electron chi connectivity index (χ3n) is 3.52. The van der Waals surface area contributed by atoms with E-state index in [-0.39, 0.29) is 0 Å². The lowest BCUT2D eigenvalue weighted by molar-refractivity contribution is 0.527. The Morgan fingerprint density at radius 2 is 2.17 bits per heavy atom. The lowest BCUT2D eigenvalue weighted by atomic mass is 10.2. The van der Waals surface area contributed by atoms with Crippen LogP contribution in [0.1, 0.15) is 38.6 Å². The highest BCUT2D eigenvalue weighted by atomic mass is 15.3. The van der Waals surface area contributed by atoms with Gasteiger partial charge in [0.15, 0.2) is 0 Å². The molecule has 0 radical (unpaired) electrons. The van der Waals surface area contributed by atoms with E-state index in [1.165, 1.54) is 12.8 Å². The van der Waals surface area contributed by atoms with E-state index in [2.05, 4.69) is 28.5 Å². The van der Waals surface area contributed by atoms with Gasteiger partial charge in [-0.15, -0.1) is 0 Å². The van der Waals surface area contributed by atoms with Gasteiger partial charge in [0, 0.05) is 30.8 Å². The van der Waals surface area contributed by atoms with Gasteiger partial charge in [-0.25, -0.2) is 4.98 Å². The Kier molecular flexibility index (Phi) is 2.61. The van der Waals surface area contributed by atoms with Gasteiger partial charge in [-0.2, -0.15) is 5.10 Å². The lowest BCUT2D eigenvalue weighted by Gasteiger charge is -2.14. The minimum atomic E-state index is 0.359. The van der Waals surface area contributed by atoms with Gasteiger partial charge in [0.1, 0.15) is 17.3 Å². The number of aryl methyl sites for hydroxylation is 1. The molecule has 0 spiro atoms. The van der Waals surface area contributed by atoms with E-state index < -0.39 is 0 Å². The first-order valence-electron chi connectivity index (χ1n) is 6.56. The number of rotatable bonds is 2. The first-order chi connectivity index (χ1) is 8.66. The lowest BCUT2D eigenvalue weighted by Crippen LogP contribution is -2.12. The second-order valence-electron chi connectivity index (χ2n) is 5.17. The topological polar surface area (TPSA) is 61.7 Å². The largest absolute Gasteiger partial charge is 0.383 e. The maximum absolute atomic E-state index is 6.20. The molecule has 2 aromatic heterocycles. The summed E-state index contributed by atoms with van der Waals surface area (Å²) in [7, 11) is 0. The number of nitrogens with zero attached hydrogens (tertiary/aromatic N) is 4. The zero-order chi connectivity index (χ0) is 12.7. The molecule has 5 heteroatoms. The average Bonchev–Trinajstić information content (AvgIpc) is 2.95. The van der Waals surface area contributed by atoms with E-state index in [0.717, 1.165) is 35.9 Å². The monoisotopic (exact) mass is 245 g/mol. The van der Waals surface area contributed by atoms with Crippen molar-refractivity contribution in [2.75, 3.05) is 5.73 Å². The smallest absolute Gasteiger partial charge is 0.131 e. The molecule has 3 rings (SSSR count). The zero-order valence-electron chi connectivity index (χ0n) is 10.9. The van der Waals surface area contributed by atoms with Gasteiger partial charge in [0.05, 0.1) is 6.20 Å². The first kappa shape index (κ1) is 11.3. The van der Waals surface area contributed by atoms with Gasteiger partial charge in [-0.05, 0) is 26.7 Å². The molecule has 0 atom stereocenters. The number of aromatic nitrogens is 4. The SMILES string of the molecule is CC(C)n1cc(-c2nc3n(c2N)CCCC3)cn1. The molecule has 0 saturated heterocycles. The summed E-state index contributed by atoms with van der Waals surface area (Å²) in [5.74, 6) is 1.90. The number of hydrogen-bond donors (Lipinski definition) is 1. The molecule has 18 heavy (non-hydrogen) atoms. The maximum atomic E-state index is 6.20. The molecule has 2 aromatic rings. The highest BCUT2D eigenvalue weighted by Crippen LogP contribution is 2.29. The second kappa shape index (κ2) is 4.15. The number of anilines is 1. The summed E-state index contributed by atoms with van der Waals surface area (Å²) >= 11 is 0. The quantitative estimate of drug-likeness (QED) is 0.882. The molecule has 3 heterocycles. The van der Waals surface area contributed by atoms with Crippen molar-refractivity contribution in [2.24, 2.45) is 0 Å². The Hall–Kier alpha value is -1.78. The zero-order valence-corrected chi connectivity index (χ0v) is 10.9. The Labute approximate surface area is 107 Å². The Balaban J connectivity index is 2.03. The van der Waals surface area contributed by atoms with Crippen molar-refractivity contribution in [3.63, 3.8) is 0 Å². The minimum absolute atomic E-state index is 0.359. The standard InChI is InChI=1S/C13H19N5/c1-9(2)18-8-10(7-15-18)12-13(14)17-6-4-3-5-11(17)16-12/h7-9H,3-6,14H2,1-2H3. The molecular formula is C13H19N5. The van der Waals surface area contributed by atoms with Crippen molar-refractivity contribution >= 4 is 5.82 Å². The molecule has 2 N–H and O–H groups in total. The minimum Gasteiger partial charge on any atom is -0.383 e. The van der Waals surface area contributed by atoms with Crippen LogP contribution >= 0.6 is 0 Å². The van der Waals surface area contributed by atoms with E-state index >= 15 is 0 Å². The summed E-state index contributed by atoms with van der Waals surface area (Å²) in [4.78, 5) is 4.68. The van der Waals surface area contributed by atoms with Gasteiger partial charge in [0.25, 0.3) is 0 Å². The van der Waals surface area contributed by atoms with Gasteiger partial charge >= 0.3 is 0 Å². The third-order valence-corrected chi connectivity index (χ3v) is 3.52. The fourth-order valence-electron chi connectivity index (χ4n) is 2.46. The van der Waals surface area contributed by atoms with Crippen LogP contribution in [-0.2, 0) is 13.0 Å². The predicted octanol–water partition coefficient (Wildman–Crippen LogP) is 2.25. The molecule has 0 unspecified atom stereocenters. The highest BCUT2D eigenvalue weighted by molar-refractivity contribution is 5.70. The predicted molar refractivity (Wildman–Crippen MR) is 71.2 cm³/mol. The summed E-state index contributed by atoms with van der Waals surface area (Å²) in [6.07, 6.45) is 7.31. The van der Waals surface area contributed by atoms with Crippen LogP contribution in [0.3, 0.4) is 0 Å². The molecule has 0 fully saturated rings. The molecule has 1 aliphatic rings. The summed E-state index contributed by atoms with van der Waals surface area (Å²) < 4.78 is 4.08. The van der Waals surface area contributed by atoms with Crippen molar-refractivity contribution in [3.8, 4) is 11.3 Å². The van der Waals surface area contributed by atoms with Gasteiger partial charge in [0.2, 0.25) is 0 Å². The molecular weight excluding hydrogens is 226 g/mol. The van der Waals surface area contributed by atoms with Crippen LogP contribution in [0.5, 0.6) is 0 Å². The van der Waals surface area contributed by atoms with Crippen LogP contribution in [0.15, 0.2) is 12.4 Å². The van der Waals surface area contributed by atoms with Crippen molar-refractivity contribution in [2.45, 2.75) is 45.7 Å². The number of nitrogen functional groups attached to an aromatic ring is 1. The average molecular weight is 245 g/mol. The Morgan fingerprint density at radius 1 is 1.33 bits per heavy atom. The number of fused-ring (bicyclic) bond motifs is 1. The number of imidazole rings is 1. The second-order valence-corrected chi connectivity index (χ2v) is 5.17. The van der Waals surface area contributed by atoms with E-state index in [1.54, 1.807) is 0 Å². The fraction of sp³-hybridized carbons (Fsp3) is 0.538. The van der Waals surface area contributed by atoms with E-state index in [9.17, 15) is 0 Å². The van der Waals surface area contributed by atoms with Crippen molar-refractivity contribution < 1.29 is 0 Å². The maximum Gasteiger partial charge on any atom is 0.131 e. The van der Waals surface area contributed by atoms with E-state index in [1.807, 2.05) is 17.1 Å². The molecule has 96 valence electrons. The summed E-state index contributed by atoms with van der Waals surface area (Å²) in [6.45, 7) is 5.21. The Morgan fingerprint density at radius 3 is 2.83 bits per heavy atom. The third kappa shape index (κ3) is 1.70. The van der Waals surface area contributed by atoms with Crippen molar-refractivity contribution in [1.82, 2.24) is 19.3 Å². The summed E-state index contributed by atoms with van der Waals surface area (Å²) in [5, 5.41) is 4.35. The van der Waals surface area contributed by atoms with Crippen LogP contribution in [0.25, 0.3) is 11.3 Å².